The van der Waals surface area contributed by atoms with Crippen molar-refractivity contribution in [1.29, 1.82) is 0 Å². The Balaban J connectivity index is 1.69. The third kappa shape index (κ3) is 4.21. The Labute approximate surface area is 148 Å². The van der Waals surface area contributed by atoms with Gasteiger partial charge in [-0.2, -0.15) is 8.78 Å². The van der Waals surface area contributed by atoms with Crippen LogP contribution in [0.5, 0.6) is 5.75 Å². The maximum Gasteiger partial charge on any atom is 0.387 e. The largest absolute Gasteiger partial charge is 0.435 e. The van der Waals surface area contributed by atoms with E-state index < -0.39 is 18.6 Å². The SMILES string of the molecule is CC(NC(=O)c1cn(-c2ccccc2)nn1)c1cccc(OC(F)F)c1. The lowest BCUT2D eigenvalue weighted by atomic mass is 10.1. The highest BCUT2D eigenvalue weighted by atomic mass is 19.3. The first-order valence-corrected chi connectivity index (χ1v) is 7.86. The molecule has 0 aliphatic heterocycles. The lowest BCUT2D eigenvalue weighted by molar-refractivity contribution is -0.0499. The number of carbonyl (C=O) groups excluding carboxylic acids is 1. The zero-order chi connectivity index (χ0) is 18.5. The maximum absolute atomic E-state index is 12.4. The molecule has 2 aromatic carbocycles. The minimum absolute atomic E-state index is 0.0358. The van der Waals surface area contributed by atoms with Crippen LogP contribution in [0.4, 0.5) is 8.78 Å². The van der Waals surface area contributed by atoms with Crippen LogP contribution in [-0.2, 0) is 0 Å². The van der Waals surface area contributed by atoms with Crippen LogP contribution < -0.4 is 10.1 Å². The fourth-order valence-electron chi connectivity index (χ4n) is 2.39. The van der Waals surface area contributed by atoms with E-state index in [0.717, 1.165) is 5.69 Å². The van der Waals surface area contributed by atoms with Crippen molar-refractivity contribution in [2.24, 2.45) is 0 Å². The second-order valence-corrected chi connectivity index (χ2v) is 5.53. The minimum Gasteiger partial charge on any atom is -0.435 e. The molecule has 1 heterocycles. The summed E-state index contributed by atoms with van der Waals surface area (Å²) < 4.78 is 30.5. The molecule has 0 aliphatic carbocycles. The zero-order valence-electron chi connectivity index (χ0n) is 13.8. The fraction of sp³-hybridized carbons (Fsp3) is 0.167. The summed E-state index contributed by atoms with van der Waals surface area (Å²) in [4.78, 5) is 12.4. The average molecular weight is 358 g/mol. The number of aromatic nitrogens is 3. The molecular weight excluding hydrogens is 342 g/mol. The van der Waals surface area contributed by atoms with Gasteiger partial charge in [0.15, 0.2) is 5.69 Å². The van der Waals surface area contributed by atoms with E-state index in [-0.39, 0.29) is 11.4 Å². The molecule has 3 rings (SSSR count). The second-order valence-electron chi connectivity index (χ2n) is 5.53. The van der Waals surface area contributed by atoms with Gasteiger partial charge in [-0.3, -0.25) is 4.79 Å². The van der Waals surface area contributed by atoms with Gasteiger partial charge in [-0.1, -0.05) is 35.5 Å². The summed E-state index contributed by atoms with van der Waals surface area (Å²) in [6.45, 7) is -1.16. The predicted molar refractivity (Wildman–Crippen MR) is 90.3 cm³/mol. The molecule has 1 unspecified atom stereocenters. The Morgan fingerprint density at radius 2 is 1.92 bits per heavy atom. The van der Waals surface area contributed by atoms with Crippen LogP contribution in [0, 0.1) is 0 Å². The highest BCUT2D eigenvalue weighted by molar-refractivity contribution is 5.92. The Morgan fingerprint density at radius 3 is 2.65 bits per heavy atom. The molecule has 0 bridgehead atoms. The molecule has 0 fully saturated rings. The number of nitrogens with zero attached hydrogens (tertiary/aromatic N) is 3. The highest BCUT2D eigenvalue weighted by Crippen LogP contribution is 2.21. The van der Waals surface area contributed by atoms with Gasteiger partial charge in [-0.05, 0) is 36.8 Å². The van der Waals surface area contributed by atoms with Crippen molar-refractivity contribution in [3.63, 3.8) is 0 Å². The number of rotatable bonds is 6. The first kappa shape index (κ1) is 17.5. The highest BCUT2D eigenvalue weighted by Gasteiger charge is 2.16. The van der Waals surface area contributed by atoms with Crippen molar-refractivity contribution < 1.29 is 18.3 Å². The number of ether oxygens (including phenoxy) is 1. The molecule has 0 radical (unpaired) electrons. The smallest absolute Gasteiger partial charge is 0.387 e. The van der Waals surface area contributed by atoms with Crippen molar-refractivity contribution >= 4 is 5.91 Å². The standard InChI is InChI=1S/C18H16F2N4O2/c1-12(13-6-5-9-15(10-13)26-18(19)20)21-17(25)16-11-24(23-22-16)14-7-3-2-4-8-14/h2-12,18H,1H3,(H,21,25). The van der Waals surface area contributed by atoms with Gasteiger partial charge < -0.3 is 10.1 Å². The number of nitrogens with one attached hydrogen (secondary N) is 1. The van der Waals surface area contributed by atoms with Crippen molar-refractivity contribution in [2.45, 2.75) is 19.6 Å². The Hall–Kier alpha value is -3.29. The lowest BCUT2D eigenvalue weighted by Gasteiger charge is -2.14. The fourth-order valence-corrected chi connectivity index (χ4v) is 2.39. The molecule has 134 valence electrons. The van der Waals surface area contributed by atoms with Gasteiger partial charge in [-0.15, -0.1) is 5.10 Å². The number of halogens is 2. The topological polar surface area (TPSA) is 69.0 Å². The summed E-state index contributed by atoms with van der Waals surface area (Å²) in [5, 5.41) is 10.6. The minimum atomic E-state index is -2.90. The zero-order valence-corrected chi connectivity index (χ0v) is 13.8. The van der Waals surface area contributed by atoms with Gasteiger partial charge in [0.2, 0.25) is 0 Å². The molecule has 0 saturated carbocycles. The van der Waals surface area contributed by atoms with Gasteiger partial charge in [0.1, 0.15) is 5.75 Å². The molecule has 1 amide bonds. The number of benzene rings is 2. The van der Waals surface area contributed by atoms with Gasteiger partial charge in [0, 0.05) is 0 Å². The van der Waals surface area contributed by atoms with E-state index in [1.807, 2.05) is 30.3 Å². The van der Waals surface area contributed by atoms with Gasteiger partial charge >= 0.3 is 6.61 Å². The molecule has 0 spiro atoms. The monoisotopic (exact) mass is 358 g/mol. The van der Waals surface area contributed by atoms with E-state index >= 15 is 0 Å². The molecular formula is C18H16F2N4O2. The number of amides is 1. The van der Waals surface area contributed by atoms with Gasteiger partial charge in [0.05, 0.1) is 17.9 Å². The van der Waals surface area contributed by atoms with Crippen LogP contribution in [0.25, 0.3) is 5.69 Å². The van der Waals surface area contributed by atoms with Crippen LogP contribution in [0.3, 0.4) is 0 Å². The Morgan fingerprint density at radius 1 is 1.15 bits per heavy atom. The molecule has 0 saturated heterocycles. The van der Waals surface area contributed by atoms with Crippen LogP contribution >= 0.6 is 0 Å². The average Bonchev–Trinajstić information content (AvgIpc) is 3.12. The van der Waals surface area contributed by atoms with Gasteiger partial charge in [-0.25, -0.2) is 4.68 Å². The summed E-state index contributed by atoms with van der Waals surface area (Å²) in [5.41, 5.74) is 1.57. The summed E-state index contributed by atoms with van der Waals surface area (Å²) in [5.74, 6) is -0.381. The molecule has 1 atom stereocenters. The van der Waals surface area contributed by atoms with E-state index in [1.54, 1.807) is 19.1 Å². The first-order valence-electron chi connectivity index (χ1n) is 7.86. The molecule has 1 N–H and O–H groups in total. The predicted octanol–water partition coefficient (Wildman–Crippen LogP) is 3.36. The Bertz CT molecular complexity index is 884. The summed E-state index contributed by atoms with van der Waals surface area (Å²) in [7, 11) is 0. The van der Waals surface area contributed by atoms with Crippen LogP contribution in [0.2, 0.25) is 0 Å². The number of hydrogen-bond donors (Lipinski definition) is 1. The third-order valence-corrected chi connectivity index (χ3v) is 3.68. The molecule has 8 heteroatoms. The number of hydrogen-bond acceptors (Lipinski definition) is 4. The summed E-state index contributed by atoms with van der Waals surface area (Å²) >= 11 is 0. The normalized spacial score (nSPS) is 12.0. The van der Waals surface area contributed by atoms with E-state index in [2.05, 4.69) is 20.4 Å². The lowest BCUT2D eigenvalue weighted by Crippen LogP contribution is -2.27. The molecule has 0 aliphatic rings. The third-order valence-electron chi connectivity index (χ3n) is 3.68. The van der Waals surface area contributed by atoms with Crippen LogP contribution in [0.15, 0.2) is 60.8 Å². The maximum atomic E-state index is 12.4. The van der Waals surface area contributed by atoms with E-state index in [0.29, 0.717) is 5.56 Å². The van der Waals surface area contributed by atoms with E-state index in [9.17, 15) is 13.6 Å². The molecule has 6 nitrogen and oxygen atoms in total. The van der Waals surface area contributed by atoms with Crippen LogP contribution in [-0.4, -0.2) is 27.5 Å². The number of carbonyl (C=O) groups is 1. The van der Waals surface area contributed by atoms with Crippen molar-refractivity contribution in [3.05, 3.63) is 72.1 Å². The quantitative estimate of drug-likeness (QED) is 0.734. The van der Waals surface area contributed by atoms with Crippen molar-refractivity contribution in [3.8, 4) is 11.4 Å². The summed E-state index contributed by atoms with van der Waals surface area (Å²) in [6.07, 6.45) is 1.52. The molecule has 1 aromatic heterocycles. The van der Waals surface area contributed by atoms with Crippen molar-refractivity contribution in [1.82, 2.24) is 20.3 Å². The number of para-hydroxylation sites is 1. The van der Waals surface area contributed by atoms with Crippen LogP contribution in [0.1, 0.15) is 29.0 Å². The second kappa shape index (κ2) is 7.73. The van der Waals surface area contributed by atoms with E-state index in [1.165, 1.54) is 23.0 Å². The Kier molecular flexibility index (Phi) is 5.21. The molecule has 26 heavy (non-hydrogen) atoms. The van der Waals surface area contributed by atoms with Gasteiger partial charge in [0.25, 0.3) is 5.91 Å². The van der Waals surface area contributed by atoms with E-state index in [4.69, 9.17) is 0 Å². The van der Waals surface area contributed by atoms with Crippen molar-refractivity contribution in [2.75, 3.05) is 0 Å². The first-order chi connectivity index (χ1) is 12.5. The number of alkyl halides is 2. The molecule has 3 aromatic rings. The summed E-state index contributed by atoms with van der Waals surface area (Å²) in [6, 6.07) is 15.0.